The second-order valence-electron chi connectivity index (χ2n) is 13.7. The predicted octanol–water partition coefficient (Wildman–Crippen LogP) is 9.72. The second-order valence-corrected chi connectivity index (χ2v) is 17.5. The van der Waals surface area contributed by atoms with Crippen LogP contribution in [0.15, 0.2) is 71.8 Å². The first-order valence-electron chi connectivity index (χ1n) is 17.1. The summed E-state index contributed by atoms with van der Waals surface area (Å²) in [5.41, 5.74) is 5.35. The summed E-state index contributed by atoms with van der Waals surface area (Å²) in [5, 5.41) is 6.22. The van der Waals surface area contributed by atoms with E-state index in [1.165, 1.54) is 11.1 Å². The highest BCUT2D eigenvalue weighted by Crippen LogP contribution is 2.53. The summed E-state index contributed by atoms with van der Waals surface area (Å²) in [6.07, 6.45) is 16.4. The maximum absolute atomic E-state index is 6.67. The Bertz CT molecular complexity index is 1470. The van der Waals surface area contributed by atoms with E-state index in [2.05, 4.69) is 85.9 Å². The summed E-state index contributed by atoms with van der Waals surface area (Å²) >= 11 is 0. The van der Waals surface area contributed by atoms with Gasteiger partial charge in [0, 0.05) is 55.4 Å². The van der Waals surface area contributed by atoms with Crippen molar-refractivity contribution in [1.29, 1.82) is 0 Å². The van der Waals surface area contributed by atoms with Gasteiger partial charge in [0.1, 0.15) is 11.4 Å². The third kappa shape index (κ3) is 11.1. The molecule has 1 fully saturated rings. The van der Waals surface area contributed by atoms with Gasteiger partial charge in [-0.15, -0.1) is 0 Å². The highest BCUT2D eigenvalue weighted by Gasteiger charge is 2.30. The minimum absolute atomic E-state index is 0.0505. The fourth-order valence-electron chi connectivity index (χ4n) is 5.30. The zero-order valence-corrected chi connectivity index (χ0v) is 30.4. The zero-order valence-electron chi connectivity index (χ0n) is 29.6. The number of nitrogens with zero attached hydrogens (tertiary/aromatic N) is 3. The molecule has 4 rings (SSSR count). The molecule has 0 spiro atoms. The summed E-state index contributed by atoms with van der Waals surface area (Å²) in [4.78, 5) is 4.41. The van der Waals surface area contributed by atoms with Crippen LogP contribution >= 0.6 is 10.3 Å². The molecule has 0 N–H and O–H groups in total. The summed E-state index contributed by atoms with van der Waals surface area (Å²) in [6.45, 7) is 14.7. The molecular formula is C39H57N3O4S. The van der Waals surface area contributed by atoms with Crippen molar-refractivity contribution < 1.29 is 18.4 Å². The highest BCUT2D eigenvalue weighted by atomic mass is 32.3. The molecule has 2 aromatic carbocycles. The van der Waals surface area contributed by atoms with Crippen molar-refractivity contribution in [3.8, 4) is 5.75 Å². The molecule has 47 heavy (non-hydrogen) atoms. The molecular weight excluding hydrogens is 607 g/mol. The quantitative estimate of drug-likeness (QED) is 0.0770. The lowest BCUT2D eigenvalue weighted by molar-refractivity contribution is -0.0367. The monoisotopic (exact) mass is 663 g/mol. The van der Waals surface area contributed by atoms with Gasteiger partial charge in [-0.2, -0.15) is 5.10 Å². The molecule has 0 aliphatic carbocycles. The fourth-order valence-corrected chi connectivity index (χ4v) is 6.14. The van der Waals surface area contributed by atoms with Crippen molar-refractivity contribution in [3.63, 3.8) is 0 Å². The van der Waals surface area contributed by atoms with Gasteiger partial charge in [-0.25, -0.2) is 4.68 Å². The third-order valence-electron chi connectivity index (χ3n) is 8.80. The molecule has 1 aromatic heterocycles. The largest absolute Gasteiger partial charge is 0.449 e. The van der Waals surface area contributed by atoms with Gasteiger partial charge in [0.15, 0.2) is 6.23 Å². The molecule has 2 heterocycles. The molecule has 0 radical (unpaired) electrons. The van der Waals surface area contributed by atoms with Crippen LogP contribution in [0.1, 0.15) is 89.6 Å². The first kappa shape index (κ1) is 36.9. The van der Waals surface area contributed by atoms with Crippen LogP contribution in [-0.2, 0) is 20.8 Å². The van der Waals surface area contributed by atoms with Crippen molar-refractivity contribution in [3.05, 3.63) is 78.0 Å². The molecule has 0 amide bonds. The minimum atomic E-state index is -1.35. The Hall–Kier alpha value is -2.91. The number of fused-ring (bicyclic) bond motifs is 1. The summed E-state index contributed by atoms with van der Waals surface area (Å²) in [7, 11) is 0.464. The van der Waals surface area contributed by atoms with Gasteiger partial charge in [0.2, 0.25) is 0 Å². The Kier molecular flexibility index (Phi) is 14.2. The Labute approximate surface area is 284 Å². The van der Waals surface area contributed by atoms with Gasteiger partial charge in [-0.3, -0.25) is 4.99 Å². The van der Waals surface area contributed by atoms with E-state index in [1.807, 2.05) is 31.5 Å². The van der Waals surface area contributed by atoms with Crippen molar-refractivity contribution >= 4 is 33.0 Å². The highest BCUT2D eigenvalue weighted by molar-refractivity contribution is 8.30. The zero-order chi connectivity index (χ0) is 33.7. The number of aliphatic imine (C=N–C) groups is 1. The number of benzene rings is 2. The van der Waals surface area contributed by atoms with Crippen LogP contribution in [0, 0.1) is 0 Å². The van der Waals surface area contributed by atoms with E-state index in [0.29, 0.717) is 13.2 Å². The third-order valence-corrected chi connectivity index (χ3v) is 12.4. The molecule has 1 aliphatic rings. The average Bonchev–Trinajstić information content (AvgIpc) is 3.42. The first-order chi connectivity index (χ1) is 22.6. The standard InChI is InChI=1S/C39H57N3O4S/c1-31(16-11-13-24-43-25-15-26-44-30-32-17-9-8-10-18-32)20-21-33(29-40-5)38-35-28-34(46-47(6,7)39(2,3)4)22-23-36(35)42(41-38)37-19-12-14-27-45-37/h8-10,17-18,21-23,28-29,37H,1,11-16,19-20,24-27,30H2,2-7H3/b33-21+,40-29?. The van der Waals surface area contributed by atoms with Crippen LogP contribution in [0.4, 0.5) is 0 Å². The average molecular weight is 664 g/mol. The number of aromatic nitrogens is 2. The maximum Gasteiger partial charge on any atom is 0.150 e. The maximum atomic E-state index is 6.67. The Morgan fingerprint density at radius 1 is 1.04 bits per heavy atom. The van der Waals surface area contributed by atoms with Gasteiger partial charge in [0.25, 0.3) is 0 Å². The first-order valence-corrected chi connectivity index (χ1v) is 19.5. The molecule has 1 atom stereocenters. The number of hydrogen-bond donors (Lipinski definition) is 0. The SMILES string of the molecule is C=C(C/C=C(\C=NC)c1nn(C2CCCCO2)c2ccc(OS(C)(C)C(C)(C)C)cc12)CCCCOCCCOCc1ccccc1. The Morgan fingerprint density at radius 3 is 2.53 bits per heavy atom. The van der Waals surface area contributed by atoms with Crippen molar-refractivity contribution in [2.45, 2.75) is 89.7 Å². The van der Waals surface area contributed by atoms with E-state index in [-0.39, 0.29) is 11.0 Å². The molecule has 1 saturated heterocycles. The number of allylic oxidation sites excluding steroid dienone is 3. The Morgan fingerprint density at radius 2 is 1.81 bits per heavy atom. The normalized spacial score (nSPS) is 16.6. The van der Waals surface area contributed by atoms with Crippen molar-refractivity contribution in [2.24, 2.45) is 4.99 Å². The lowest BCUT2D eigenvalue weighted by Crippen LogP contribution is -2.27. The minimum Gasteiger partial charge on any atom is -0.449 e. The van der Waals surface area contributed by atoms with Crippen LogP contribution < -0.4 is 4.18 Å². The van der Waals surface area contributed by atoms with E-state index in [9.17, 15) is 0 Å². The summed E-state index contributed by atoms with van der Waals surface area (Å²) < 4.78 is 26.5. The number of ether oxygens (including phenoxy) is 3. The molecule has 1 unspecified atom stereocenters. The molecule has 3 aromatic rings. The van der Waals surface area contributed by atoms with Gasteiger partial charge in [0.05, 0.1) is 12.1 Å². The number of hydrogen-bond acceptors (Lipinski definition) is 6. The Balaban J connectivity index is 1.34. The molecule has 7 nitrogen and oxygen atoms in total. The molecule has 258 valence electrons. The molecule has 1 aliphatic heterocycles. The summed E-state index contributed by atoms with van der Waals surface area (Å²) in [5.74, 6) is 0.872. The van der Waals surface area contributed by atoms with E-state index >= 15 is 0 Å². The van der Waals surface area contributed by atoms with Gasteiger partial charge in [-0.1, -0.05) is 58.9 Å². The van der Waals surface area contributed by atoms with Crippen LogP contribution in [0.5, 0.6) is 5.75 Å². The topological polar surface area (TPSA) is 67.1 Å². The van der Waals surface area contributed by atoms with E-state index in [1.54, 1.807) is 0 Å². The number of unbranched alkanes of at least 4 members (excludes halogenated alkanes) is 1. The lowest BCUT2D eigenvalue weighted by atomic mass is 10.0. The van der Waals surface area contributed by atoms with Crippen LogP contribution in [0.3, 0.4) is 0 Å². The predicted molar refractivity (Wildman–Crippen MR) is 200 cm³/mol. The van der Waals surface area contributed by atoms with E-state index in [0.717, 1.165) is 99.1 Å². The van der Waals surface area contributed by atoms with Crippen molar-refractivity contribution in [2.75, 3.05) is 46.0 Å². The second kappa shape index (κ2) is 18.0. The van der Waals surface area contributed by atoms with Gasteiger partial charge in [-0.05, 0) is 108 Å². The van der Waals surface area contributed by atoms with E-state index < -0.39 is 10.3 Å². The summed E-state index contributed by atoms with van der Waals surface area (Å²) in [6, 6.07) is 16.6. The van der Waals surface area contributed by atoms with Crippen molar-refractivity contribution in [1.82, 2.24) is 9.78 Å². The van der Waals surface area contributed by atoms with E-state index in [4.69, 9.17) is 23.5 Å². The fraction of sp³-hybridized carbons (Fsp3) is 0.538. The number of rotatable bonds is 18. The smallest absolute Gasteiger partial charge is 0.150 e. The van der Waals surface area contributed by atoms with Crippen LogP contribution in [-0.4, -0.2) is 66.7 Å². The lowest BCUT2D eigenvalue weighted by Gasteiger charge is -2.43. The van der Waals surface area contributed by atoms with Crippen LogP contribution in [0.25, 0.3) is 16.5 Å². The molecule has 0 bridgehead atoms. The van der Waals surface area contributed by atoms with Crippen LogP contribution in [0.2, 0.25) is 0 Å². The molecule has 8 heteroatoms. The molecule has 0 saturated carbocycles. The van der Waals surface area contributed by atoms with Gasteiger partial charge < -0.3 is 18.4 Å². The van der Waals surface area contributed by atoms with Gasteiger partial charge >= 0.3 is 0 Å².